The standard InChI is InChI=1S/C14H13ClN2O3/c1-2-12(14(19)20)17-13(18)8-7-11(16-17)9-3-5-10(15)6-4-9/h3-8,12H,2H2,1H3,(H,19,20)/t12-/m0/s1. The molecule has 0 aliphatic carbocycles. The highest BCUT2D eigenvalue weighted by atomic mass is 35.5. The maximum Gasteiger partial charge on any atom is 0.328 e. The predicted octanol–water partition coefficient (Wildman–Crippen LogP) is 2.60. The first-order valence-corrected chi connectivity index (χ1v) is 6.49. The van der Waals surface area contributed by atoms with Crippen LogP contribution in [0.2, 0.25) is 5.02 Å². The van der Waals surface area contributed by atoms with Crippen molar-refractivity contribution in [2.75, 3.05) is 0 Å². The van der Waals surface area contributed by atoms with Gasteiger partial charge in [-0.2, -0.15) is 5.10 Å². The summed E-state index contributed by atoms with van der Waals surface area (Å²) in [6.07, 6.45) is 0.284. The van der Waals surface area contributed by atoms with Crippen LogP contribution in [0.5, 0.6) is 0 Å². The minimum atomic E-state index is -1.07. The molecule has 1 aromatic carbocycles. The molecule has 1 N–H and O–H groups in total. The van der Waals surface area contributed by atoms with Crippen molar-refractivity contribution in [2.45, 2.75) is 19.4 Å². The molecule has 1 heterocycles. The van der Waals surface area contributed by atoms with E-state index in [9.17, 15) is 9.59 Å². The van der Waals surface area contributed by atoms with Gasteiger partial charge in [0.1, 0.15) is 0 Å². The number of rotatable bonds is 4. The number of aliphatic carboxylic acids is 1. The SMILES string of the molecule is CC[C@@H](C(=O)O)n1nc(-c2ccc(Cl)cc2)ccc1=O. The summed E-state index contributed by atoms with van der Waals surface area (Å²) in [7, 11) is 0. The van der Waals surface area contributed by atoms with Crippen molar-refractivity contribution >= 4 is 17.6 Å². The van der Waals surface area contributed by atoms with Gasteiger partial charge in [-0.15, -0.1) is 0 Å². The Kier molecular flexibility index (Phi) is 4.20. The molecule has 0 unspecified atom stereocenters. The van der Waals surface area contributed by atoms with Crippen LogP contribution in [-0.2, 0) is 4.79 Å². The van der Waals surface area contributed by atoms with Crippen LogP contribution in [0.1, 0.15) is 19.4 Å². The van der Waals surface area contributed by atoms with Crippen molar-refractivity contribution in [1.29, 1.82) is 0 Å². The van der Waals surface area contributed by atoms with Gasteiger partial charge in [0, 0.05) is 16.7 Å². The largest absolute Gasteiger partial charge is 0.480 e. The summed E-state index contributed by atoms with van der Waals surface area (Å²) < 4.78 is 1.01. The molecule has 0 amide bonds. The fourth-order valence-electron chi connectivity index (χ4n) is 1.88. The molecule has 1 aromatic heterocycles. The Bertz CT molecular complexity index is 680. The van der Waals surface area contributed by atoms with Gasteiger partial charge < -0.3 is 5.11 Å². The van der Waals surface area contributed by atoms with Crippen molar-refractivity contribution in [3.05, 3.63) is 51.8 Å². The Labute approximate surface area is 120 Å². The van der Waals surface area contributed by atoms with E-state index in [0.717, 1.165) is 10.2 Å². The summed E-state index contributed by atoms with van der Waals surface area (Å²) in [5.41, 5.74) is 0.862. The quantitative estimate of drug-likeness (QED) is 0.940. The zero-order chi connectivity index (χ0) is 14.7. The number of carbonyl (C=O) groups is 1. The molecule has 0 aliphatic rings. The second-order valence-electron chi connectivity index (χ2n) is 4.27. The molecule has 0 bridgehead atoms. The fourth-order valence-corrected chi connectivity index (χ4v) is 2.00. The molecular formula is C14H13ClN2O3. The molecule has 0 fully saturated rings. The van der Waals surface area contributed by atoms with Crippen LogP contribution in [0.25, 0.3) is 11.3 Å². The first-order chi connectivity index (χ1) is 9.52. The number of aromatic nitrogens is 2. The van der Waals surface area contributed by atoms with Crippen molar-refractivity contribution in [3.63, 3.8) is 0 Å². The van der Waals surface area contributed by atoms with Crippen LogP contribution in [0.15, 0.2) is 41.2 Å². The topological polar surface area (TPSA) is 72.2 Å². The molecule has 6 heteroatoms. The van der Waals surface area contributed by atoms with E-state index in [1.807, 2.05) is 0 Å². The third-order valence-electron chi connectivity index (χ3n) is 2.93. The van der Waals surface area contributed by atoms with Gasteiger partial charge in [-0.1, -0.05) is 30.7 Å². The van der Waals surface area contributed by atoms with E-state index in [4.69, 9.17) is 16.7 Å². The van der Waals surface area contributed by atoms with Crippen LogP contribution in [-0.4, -0.2) is 20.9 Å². The third-order valence-corrected chi connectivity index (χ3v) is 3.18. The van der Waals surface area contributed by atoms with Crippen LogP contribution < -0.4 is 5.56 Å². The van der Waals surface area contributed by atoms with Gasteiger partial charge in [-0.05, 0) is 24.6 Å². The van der Waals surface area contributed by atoms with Gasteiger partial charge in [-0.3, -0.25) is 4.79 Å². The van der Waals surface area contributed by atoms with Crippen molar-refractivity contribution in [3.8, 4) is 11.3 Å². The molecule has 2 aromatic rings. The number of nitrogens with zero attached hydrogens (tertiary/aromatic N) is 2. The lowest BCUT2D eigenvalue weighted by atomic mass is 10.1. The molecule has 0 saturated carbocycles. The average Bonchev–Trinajstić information content (AvgIpc) is 2.42. The molecule has 20 heavy (non-hydrogen) atoms. The maximum atomic E-state index is 11.8. The lowest BCUT2D eigenvalue weighted by Gasteiger charge is -2.13. The summed E-state index contributed by atoms with van der Waals surface area (Å²) in [5.74, 6) is -1.07. The molecule has 1 atom stereocenters. The summed E-state index contributed by atoms with van der Waals surface area (Å²) in [4.78, 5) is 22.9. The van der Waals surface area contributed by atoms with E-state index in [-0.39, 0.29) is 6.42 Å². The van der Waals surface area contributed by atoms with Crippen LogP contribution in [0, 0.1) is 0 Å². The highest BCUT2D eigenvalue weighted by molar-refractivity contribution is 6.30. The minimum absolute atomic E-state index is 0.284. The van der Waals surface area contributed by atoms with Gasteiger partial charge in [0.25, 0.3) is 5.56 Å². The molecule has 0 spiro atoms. The van der Waals surface area contributed by atoms with Gasteiger partial charge >= 0.3 is 5.97 Å². The Morgan fingerprint density at radius 3 is 2.50 bits per heavy atom. The Balaban J connectivity index is 2.50. The normalized spacial score (nSPS) is 12.1. The van der Waals surface area contributed by atoms with Crippen LogP contribution in [0.3, 0.4) is 0 Å². The van der Waals surface area contributed by atoms with Gasteiger partial charge in [0.05, 0.1) is 5.69 Å². The molecule has 104 valence electrons. The lowest BCUT2D eigenvalue weighted by Crippen LogP contribution is -2.31. The fraction of sp³-hybridized carbons (Fsp3) is 0.214. The predicted molar refractivity (Wildman–Crippen MR) is 75.9 cm³/mol. The number of carboxylic acids is 1. The van der Waals surface area contributed by atoms with Crippen LogP contribution in [0.4, 0.5) is 0 Å². The summed E-state index contributed by atoms with van der Waals surface area (Å²) in [6.45, 7) is 1.70. The van der Waals surface area contributed by atoms with E-state index in [2.05, 4.69) is 5.10 Å². The lowest BCUT2D eigenvalue weighted by molar-refractivity contribution is -0.141. The Morgan fingerprint density at radius 1 is 1.30 bits per heavy atom. The second-order valence-corrected chi connectivity index (χ2v) is 4.71. The van der Waals surface area contributed by atoms with Crippen molar-refractivity contribution in [1.82, 2.24) is 9.78 Å². The number of carboxylic acid groups (broad SMARTS) is 1. The summed E-state index contributed by atoms with van der Waals surface area (Å²) >= 11 is 5.82. The third kappa shape index (κ3) is 2.88. The van der Waals surface area contributed by atoms with E-state index in [1.54, 1.807) is 37.3 Å². The van der Waals surface area contributed by atoms with Crippen molar-refractivity contribution < 1.29 is 9.90 Å². The monoisotopic (exact) mass is 292 g/mol. The summed E-state index contributed by atoms with van der Waals surface area (Å²) in [6, 6.07) is 8.88. The van der Waals surface area contributed by atoms with E-state index < -0.39 is 17.6 Å². The molecule has 2 rings (SSSR count). The second kappa shape index (κ2) is 5.88. The number of halogens is 1. The molecular weight excluding hydrogens is 280 g/mol. The van der Waals surface area contributed by atoms with E-state index in [0.29, 0.717) is 10.7 Å². The average molecular weight is 293 g/mol. The smallest absolute Gasteiger partial charge is 0.328 e. The molecule has 0 saturated heterocycles. The zero-order valence-electron chi connectivity index (χ0n) is 10.8. The van der Waals surface area contributed by atoms with Crippen LogP contribution >= 0.6 is 11.6 Å². The van der Waals surface area contributed by atoms with E-state index in [1.165, 1.54) is 6.07 Å². The minimum Gasteiger partial charge on any atom is -0.480 e. The first-order valence-electron chi connectivity index (χ1n) is 6.11. The van der Waals surface area contributed by atoms with Gasteiger partial charge in [0.15, 0.2) is 6.04 Å². The zero-order valence-corrected chi connectivity index (χ0v) is 11.5. The number of hydrogen-bond acceptors (Lipinski definition) is 3. The van der Waals surface area contributed by atoms with Gasteiger partial charge in [-0.25, -0.2) is 9.48 Å². The van der Waals surface area contributed by atoms with Crippen molar-refractivity contribution in [2.24, 2.45) is 0 Å². The Morgan fingerprint density at radius 2 is 1.95 bits per heavy atom. The first kappa shape index (κ1) is 14.3. The highest BCUT2D eigenvalue weighted by Gasteiger charge is 2.20. The molecule has 0 aliphatic heterocycles. The number of hydrogen-bond donors (Lipinski definition) is 1. The Hall–Kier alpha value is -2.14. The molecule has 0 radical (unpaired) electrons. The summed E-state index contributed by atoms with van der Waals surface area (Å²) in [5, 5.41) is 13.9. The van der Waals surface area contributed by atoms with Gasteiger partial charge in [0.2, 0.25) is 0 Å². The highest BCUT2D eigenvalue weighted by Crippen LogP contribution is 2.19. The van der Waals surface area contributed by atoms with E-state index >= 15 is 0 Å². The number of benzene rings is 1. The molecule has 5 nitrogen and oxygen atoms in total. The maximum absolute atomic E-state index is 11.8.